The van der Waals surface area contributed by atoms with Crippen LogP contribution in [0.5, 0.6) is 0 Å². The molecule has 3 rings (SSSR count). The molecule has 0 atom stereocenters. The maximum Gasteiger partial charge on any atom is 0.174 e. The van der Waals surface area contributed by atoms with Gasteiger partial charge < -0.3 is 4.57 Å². The molecule has 6 heteroatoms. The minimum atomic E-state index is 0.124. The minimum absolute atomic E-state index is 0.124. The summed E-state index contributed by atoms with van der Waals surface area (Å²) in [5.74, 6) is 0.505. The van der Waals surface area contributed by atoms with Gasteiger partial charge >= 0.3 is 0 Å². The lowest BCUT2D eigenvalue weighted by atomic mass is 10.1. The van der Waals surface area contributed by atoms with E-state index in [1.807, 2.05) is 19.9 Å². The lowest BCUT2D eigenvalue weighted by Gasteiger charge is -2.12. The number of ketones is 1. The van der Waals surface area contributed by atoms with Gasteiger partial charge in [0.25, 0.3) is 0 Å². The van der Waals surface area contributed by atoms with Crippen molar-refractivity contribution in [2.24, 2.45) is 0 Å². The van der Waals surface area contributed by atoms with Gasteiger partial charge in [-0.2, -0.15) is 0 Å². The fourth-order valence-electron chi connectivity index (χ4n) is 2.74. The average molecular weight is 358 g/mol. The molecule has 0 N–H and O–H groups in total. The summed E-state index contributed by atoms with van der Waals surface area (Å²) in [6.07, 6.45) is 0. The third kappa shape index (κ3) is 3.30. The number of carbonyl (C=O) groups excluding carboxylic acids is 1. The molecule has 0 fully saturated rings. The van der Waals surface area contributed by atoms with E-state index in [0.29, 0.717) is 5.75 Å². The van der Waals surface area contributed by atoms with Crippen molar-refractivity contribution in [3.8, 4) is 5.69 Å². The van der Waals surface area contributed by atoms with Crippen LogP contribution in [0.4, 0.5) is 0 Å². The number of rotatable bonds is 5. The first kappa shape index (κ1) is 16.9. The Hall–Kier alpha value is -1.92. The number of carbonyl (C=O) groups is 1. The van der Waals surface area contributed by atoms with Crippen molar-refractivity contribution in [2.75, 3.05) is 5.75 Å². The van der Waals surface area contributed by atoms with Gasteiger partial charge in [0.05, 0.1) is 5.75 Å². The van der Waals surface area contributed by atoms with Gasteiger partial charge in [0.15, 0.2) is 10.1 Å². The number of thioether (sulfide) groups is 1. The first-order chi connectivity index (χ1) is 11.5. The molecular weight excluding hydrogens is 338 g/mol. The van der Waals surface area contributed by atoms with Crippen molar-refractivity contribution < 1.29 is 4.79 Å². The summed E-state index contributed by atoms with van der Waals surface area (Å²) in [7, 11) is 0. The topological polar surface area (TPSA) is 47.8 Å². The van der Waals surface area contributed by atoms with Crippen LogP contribution in [-0.2, 0) is 0 Å². The average Bonchev–Trinajstić information content (AvgIpc) is 3.16. The molecule has 2 heterocycles. The lowest BCUT2D eigenvalue weighted by Crippen LogP contribution is -2.05. The SMILES string of the molecule is Cc1ccc(-n2c(C)cc(C(=O)CSc3nncs3)c2C)cc1C. The summed E-state index contributed by atoms with van der Waals surface area (Å²) in [5.41, 5.74) is 8.13. The van der Waals surface area contributed by atoms with E-state index >= 15 is 0 Å². The normalized spacial score (nSPS) is 11.0. The van der Waals surface area contributed by atoms with Crippen LogP contribution < -0.4 is 0 Å². The van der Waals surface area contributed by atoms with Gasteiger partial charge in [0.1, 0.15) is 5.51 Å². The van der Waals surface area contributed by atoms with E-state index in [4.69, 9.17) is 0 Å². The predicted octanol–water partition coefficient (Wildman–Crippen LogP) is 4.54. The minimum Gasteiger partial charge on any atom is -0.318 e. The zero-order valence-corrected chi connectivity index (χ0v) is 15.8. The van der Waals surface area contributed by atoms with Crippen molar-refractivity contribution in [3.63, 3.8) is 0 Å². The molecule has 1 aromatic carbocycles. The zero-order chi connectivity index (χ0) is 17.3. The summed E-state index contributed by atoms with van der Waals surface area (Å²) in [5, 5.41) is 7.76. The van der Waals surface area contributed by atoms with Crippen LogP contribution >= 0.6 is 23.1 Å². The van der Waals surface area contributed by atoms with Crippen LogP contribution in [0.15, 0.2) is 34.1 Å². The molecule has 2 aromatic heterocycles. The molecule has 3 aromatic rings. The van der Waals surface area contributed by atoms with Gasteiger partial charge in [-0.05, 0) is 57.0 Å². The highest BCUT2D eigenvalue weighted by Gasteiger charge is 2.17. The first-order valence-electron chi connectivity index (χ1n) is 7.66. The molecule has 0 amide bonds. The van der Waals surface area contributed by atoms with E-state index < -0.39 is 0 Å². The van der Waals surface area contributed by atoms with Crippen LogP contribution in [-0.4, -0.2) is 26.3 Å². The summed E-state index contributed by atoms with van der Waals surface area (Å²) in [6, 6.07) is 8.37. The van der Waals surface area contributed by atoms with E-state index in [-0.39, 0.29) is 5.78 Å². The van der Waals surface area contributed by atoms with Crippen LogP contribution in [0.25, 0.3) is 5.69 Å². The number of benzene rings is 1. The van der Waals surface area contributed by atoms with Gasteiger partial charge in [0, 0.05) is 22.6 Å². The van der Waals surface area contributed by atoms with Crippen molar-refractivity contribution >= 4 is 28.9 Å². The molecule has 124 valence electrons. The standard InChI is InChI=1S/C18H19N3OS2/c1-11-5-6-15(7-12(11)2)21-13(3)8-16(14(21)4)17(22)9-23-18-20-19-10-24-18/h5-8,10H,9H2,1-4H3. The molecule has 0 saturated carbocycles. The second-order valence-electron chi connectivity index (χ2n) is 5.81. The van der Waals surface area contributed by atoms with Crippen molar-refractivity contribution in [3.05, 3.63) is 57.9 Å². The highest BCUT2D eigenvalue weighted by Crippen LogP contribution is 2.25. The summed E-state index contributed by atoms with van der Waals surface area (Å²) in [6.45, 7) is 8.26. The van der Waals surface area contributed by atoms with Crippen LogP contribution in [0.1, 0.15) is 32.9 Å². The zero-order valence-electron chi connectivity index (χ0n) is 14.2. The van der Waals surface area contributed by atoms with E-state index in [0.717, 1.165) is 27.0 Å². The number of nitrogens with zero attached hydrogens (tertiary/aromatic N) is 3. The molecule has 0 aliphatic carbocycles. The van der Waals surface area contributed by atoms with Crippen molar-refractivity contribution in [2.45, 2.75) is 32.0 Å². The van der Waals surface area contributed by atoms with E-state index in [2.05, 4.69) is 46.8 Å². The second kappa shape index (κ2) is 6.91. The molecule has 0 aliphatic heterocycles. The van der Waals surface area contributed by atoms with E-state index in [1.54, 1.807) is 5.51 Å². The number of hydrogen-bond donors (Lipinski definition) is 0. The Labute approximate surface area is 149 Å². The third-order valence-corrected chi connectivity index (χ3v) is 6.01. The van der Waals surface area contributed by atoms with Crippen molar-refractivity contribution in [1.29, 1.82) is 0 Å². The van der Waals surface area contributed by atoms with E-state index in [1.165, 1.54) is 34.2 Å². The summed E-state index contributed by atoms with van der Waals surface area (Å²) >= 11 is 2.90. The molecule has 0 radical (unpaired) electrons. The number of Topliss-reactive ketones (excluding diaryl/α,β-unsaturated/α-hetero) is 1. The summed E-state index contributed by atoms with van der Waals surface area (Å²) < 4.78 is 2.97. The Morgan fingerprint density at radius 3 is 2.62 bits per heavy atom. The molecule has 0 spiro atoms. The third-order valence-electron chi connectivity index (χ3n) is 4.15. The van der Waals surface area contributed by atoms with Crippen molar-refractivity contribution in [1.82, 2.24) is 14.8 Å². The molecule has 0 aliphatic rings. The second-order valence-corrected chi connectivity index (χ2v) is 7.86. The Bertz CT molecular complexity index is 882. The molecule has 4 nitrogen and oxygen atoms in total. The van der Waals surface area contributed by atoms with Gasteiger partial charge in [-0.3, -0.25) is 4.79 Å². The highest BCUT2D eigenvalue weighted by molar-refractivity contribution is 8.01. The number of aryl methyl sites for hydroxylation is 3. The largest absolute Gasteiger partial charge is 0.318 e. The highest BCUT2D eigenvalue weighted by atomic mass is 32.2. The smallest absolute Gasteiger partial charge is 0.174 e. The van der Waals surface area contributed by atoms with Gasteiger partial charge in [-0.1, -0.05) is 29.2 Å². The molecular formula is C18H19N3OS2. The number of aromatic nitrogens is 3. The lowest BCUT2D eigenvalue weighted by molar-refractivity contribution is 0.102. The Morgan fingerprint density at radius 2 is 1.96 bits per heavy atom. The molecule has 0 bridgehead atoms. The van der Waals surface area contributed by atoms with Gasteiger partial charge in [-0.15, -0.1) is 10.2 Å². The number of hydrogen-bond acceptors (Lipinski definition) is 5. The summed E-state index contributed by atoms with van der Waals surface area (Å²) in [4.78, 5) is 12.6. The fraction of sp³-hybridized carbons (Fsp3) is 0.278. The Balaban J connectivity index is 1.88. The quantitative estimate of drug-likeness (QED) is 0.497. The maximum absolute atomic E-state index is 12.6. The Morgan fingerprint density at radius 1 is 1.17 bits per heavy atom. The first-order valence-corrected chi connectivity index (χ1v) is 9.52. The molecule has 0 unspecified atom stereocenters. The monoisotopic (exact) mass is 357 g/mol. The molecule has 24 heavy (non-hydrogen) atoms. The van der Waals surface area contributed by atoms with Gasteiger partial charge in [-0.25, -0.2) is 0 Å². The van der Waals surface area contributed by atoms with Crippen LogP contribution in [0.2, 0.25) is 0 Å². The van der Waals surface area contributed by atoms with Crippen LogP contribution in [0, 0.1) is 27.7 Å². The van der Waals surface area contributed by atoms with Crippen LogP contribution in [0.3, 0.4) is 0 Å². The fourth-order valence-corrected chi connectivity index (χ4v) is 4.11. The predicted molar refractivity (Wildman–Crippen MR) is 99.7 cm³/mol. The van der Waals surface area contributed by atoms with Gasteiger partial charge in [0.2, 0.25) is 0 Å². The molecule has 0 saturated heterocycles. The van der Waals surface area contributed by atoms with E-state index in [9.17, 15) is 4.79 Å². The Kier molecular flexibility index (Phi) is 4.87. The maximum atomic E-state index is 12.6.